The van der Waals surface area contributed by atoms with Gasteiger partial charge < -0.3 is 10.6 Å². The van der Waals surface area contributed by atoms with Crippen LogP contribution in [0.15, 0.2) is 18.2 Å². The zero-order chi connectivity index (χ0) is 11.3. The van der Waals surface area contributed by atoms with Crippen molar-refractivity contribution in [3.63, 3.8) is 0 Å². The SMILES string of the molecule is CNCC(=O)Nc1ccc(F)cc1C#N. The second-order valence-corrected chi connectivity index (χ2v) is 2.88. The Morgan fingerprint density at radius 3 is 2.93 bits per heavy atom. The van der Waals surface area contributed by atoms with Gasteiger partial charge in [-0.15, -0.1) is 0 Å². The lowest BCUT2D eigenvalue weighted by Crippen LogP contribution is -2.25. The van der Waals surface area contributed by atoms with Gasteiger partial charge in [0.25, 0.3) is 0 Å². The van der Waals surface area contributed by atoms with E-state index in [-0.39, 0.29) is 18.0 Å². The van der Waals surface area contributed by atoms with Crippen molar-refractivity contribution in [2.24, 2.45) is 0 Å². The molecule has 0 fully saturated rings. The van der Waals surface area contributed by atoms with E-state index in [2.05, 4.69) is 10.6 Å². The van der Waals surface area contributed by atoms with Crippen LogP contribution in [0.4, 0.5) is 10.1 Å². The first-order valence-corrected chi connectivity index (χ1v) is 4.31. The van der Waals surface area contributed by atoms with Crippen LogP contribution in [-0.4, -0.2) is 19.5 Å². The molecule has 2 N–H and O–H groups in total. The summed E-state index contributed by atoms with van der Waals surface area (Å²) < 4.78 is 12.7. The minimum Gasteiger partial charge on any atom is -0.324 e. The monoisotopic (exact) mass is 207 g/mol. The number of hydrogen-bond acceptors (Lipinski definition) is 3. The first kappa shape index (κ1) is 11.1. The van der Waals surface area contributed by atoms with Crippen molar-refractivity contribution in [1.82, 2.24) is 5.32 Å². The van der Waals surface area contributed by atoms with E-state index in [0.717, 1.165) is 6.07 Å². The molecule has 0 aliphatic heterocycles. The smallest absolute Gasteiger partial charge is 0.238 e. The fraction of sp³-hybridized carbons (Fsp3) is 0.200. The third kappa shape index (κ3) is 3.04. The first-order chi connectivity index (χ1) is 7.17. The number of nitriles is 1. The van der Waals surface area contributed by atoms with E-state index >= 15 is 0 Å². The van der Waals surface area contributed by atoms with Crippen LogP contribution < -0.4 is 10.6 Å². The lowest BCUT2D eigenvalue weighted by atomic mass is 10.2. The third-order valence-electron chi connectivity index (χ3n) is 1.71. The molecule has 1 rings (SSSR count). The molecule has 0 radical (unpaired) electrons. The maximum atomic E-state index is 12.7. The van der Waals surface area contributed by atoms with Crippen molar-refractivity contribution < 1.29 is 9.18 Å². The Hall–Kier alpha value is -1.93. The van der Waals surface area contributed by atoms with Gasteiger partial charge in [0, 0.05) is 0 Å². The Morgan fingerprint density at radius 1 is 1.60 bits per heavy atom. The Balaban J connectivity index is 2.86. The minimum atomic E-state index is -0.502. The zero-order valence-electron chi connectivity index (χ0n) is 8.17. The maximum absolute atomic E-state index is 12.7. The van der Waals surface area contributed by atoms with Gasteiger partial charge in [0.1, 0.15) is 11.9 Å². The number of hydrogen-bond donors (Lipinski definition) is 2. The highest BCUT2D eigenvalue weighted by Crippen LogP contribution is 2.15. The van der Waals surface area contributed by atoms with Gasteiger partial charge in [-0.05, 0) is 25.2 Å². The molecule has 0 atom stereocenters. The van der Waals surface area contributed by atoms with Gasteiger partial charge in [-0.2, -0.15) is 5.26 Å². The van der Waals surface area contributed by atoms with Crippen molar-refractivity contribution in [3.8, 4) is 6.07 Å². The predicted octanol–water partition coefficient (Wildman–Crippen LogP) is 0.855. The van der Waals surface area contributed by atoms with Crippen molar-refractivity contribution in [1.29, 1.82) is 5.26 Å². The second-order valence-electron chi connectivity index (χ2n) is 2.88. The van der Waals surface area contributed by atoms with Gasteiger partial charge >= 0.3 is 0 Å². The van der Waals surface area contributed by atoms with Crippen LogP contribution in [0.25, 0.3) is 0 Å². The summed E-state index contributed by atoms with van der Waals surface area (Å²) in [4.78, 5) is 11.2. The first-order valence-electron chi connectivity index (χ1n) is 4.31. The molecular formula is C10H10FN3O. The summed E-state index contributed by atoms with van der Waals surface area (Å²) >= 11 is 0. The van der Waals surface area contributed by atoms with Crippen LogP contribution in [0, 0.1) is 17.1 Å². The molecular weight excluding hydrogens is 197 g/mol. The van der Waals surface area contributed by atoms with E-state index in [1.807, 2.05) is 6.07 Å². The second kappa shape index (κ2) is 5.08. The van der Waals surface area contributed by atoms with Gasteiger partial charge in [0.2, 0.25) is 5.91 Å². The summed E-state index contributed by atoms with van der Waals surface area (Å²) in [6, 6.07) is 5.44. The molecule has 0 aliphatic rings. The highest BCUT2D eigenvalue weighted by atomic mass is 19.1. The molecule has 0 spiro atoms. The highest BCUT2D eigenvalue weighted by Gasteiger charge is 2.06. The number of nitrogens with zero attached hydrogens (tertiary/aromatic N) is 1. The lowest BCUT2D eigenvalue weighted by molar-refractivity contribution is -0.115. The standard InChI is InChI=1S/C10H10FN3O/c1-13-6-10(15)14-9-3-2-8(11)4-7(9)5-12/h2-4,13H,6H2,1H3,(H,14,15). The topological polar surface area (TPSA) is 64.9 Å². The van der Waals surface area contributed by atoms with E-state index in [1.54, 1.807) is 7.05 Å². The van der Waals surface area contributed by atoms with Gasteiger partial charge in [0.05, 0.1) is 17.8 Å². The molecule has 5 heteroatoms. The van der Waals surface area contributed by atoms with Crippen LogP contribution in [0.2, 0.25) is 0 Å². The zero-order valence-corrected chi connectivity index (χ0v) is 8.17. The Morgan fingerprint density at radius 2 is 2.33 bits per heavy atom. The van der Waals surface area contributed by atoms with Gasteiger partial charge in [-0.3, -0.25) is 4.79 Å². The summed E-state index contributed by atoms with van der Waals surface area (Å²) in [5, 5.41) is 13.9. The Bertz CT molecular complexity index is 412. The Labute approximate surface area is 86.7 Å². The van der Waals surface area contributed by atoms with Crippen LogP contribution in [-0.2, 0) is 4.79 Å². The van der Waals surface area contributed by atoms with E-state index in [4.69, 9.17) is 5.26 Å². The van der Waals surface area contributed by atoms with Crippen LogP contribution in [0.3, 0.4) is 0 Å². The van der Waals surface area contributed by atoms with Crippen LogP contribution in [0.5, 0.6) is 0 Å². The van der Waals surface area contributed by atoms with Gasteiger partial charge in [0.15, 0.2) is 0 Å². The average Bonchev–Trinajstić information content (AvgIpc) is 2.21. The molecule has 15 heavy (non-hydrogen) atoms. The normalized spacial score (nSPS) is 9.40. The average molecular weight is 207 g/mol. The number of carbonyl (C=O) groups excluding carboxylic acids is 1. The third-order valence-corrected chi connectivity index (χ3v) is 1.71. The fourth-order valence-corrected chi connectivity index (χ4v) is 1.07. The maximum Gasteiger partial charge on any atom is 0.238 e. The fourth-order valence-electron chi connectivity index (χ4n) is 1.07. The molecule has 1 aromatic rings. The number of amides is 1. The molecule has 78 valence electrons. The summed E-state index contributed by atoms with van der Waals surface area (Å²) in [5.41, 5.74) is 0.429. The van der Waals surface area contributed by atoms with E-state index in [1.165, 1.54) is 12.1 Å². The molecule has 0 heterocycles. The molecule has 0 saturated carbocycles. The predicted molar refractivity (Wildman–Crippen MR) is 53.7 cm³/mol. The summed E-state index contributed by atoms with van der Waals surface area (Å²) in [6.45, 7) is 0.141. The Kier molecular flexibility index (Phi) is 3.77. The minimum absolute atomic E-state index is 0.111. The molecule has 1 aromatic carbocycles. The summed E-state index contributed by atoms with van der Waals surface area (Å²) in [6.07, 6.45) is 0. The molecule has 0 aliphatic carbocycles. The number of benzene rings is 1. The number of rotatable bonds is 3. The van der Waals surface area contributed by atoms with Crippen molar-refractivity contribution in [2.75, 3.05) is 18.9 Å². The molecule has 0 saturated heterocycles. The van der Waals surface area contributed by atoms with Gasteiger partial charge in [-0.1, -0.05) is 0 Å². The summed E-state index contributed by atoms with van der Waals surface area (Å²) in [5.74, 6) is -0.779. The quantitative estimate of drug-likeness (QED) is 0.772. The van der Waals surface area contributed by atoms with Crippen LogP contribution >= 0.6 is 0 Å². The molecule has 0 unspecified atom stereocenters. The number of anilines is 1. The number of halogens is 1. The van der Waals surface area contributed by atoms with E-state index in [9.17, 15) is 9.18 Å². The van der Waals surface area contributed by atoms with Crippen LogP contribution in [0.1, 0.15) is 5.56 Å². The number of carbonyl (C=O) groups is 1. The number of likely N-dealkylation sites (N-methyl/N-ethyl adjacent to an activating group) is 1. The van der Waals surface area contributed by atoms with E-state index in [0.29, 0.717) is 5.69 Å². The van der Waals surface area contributed by atoms with Crippen molar-refractivity contribution >= 4 is 11.6 Å². The number of nitrogens with one attached hydrogen (secondary N) is 2. The van der Waals surface area contributed by atoms with E-state index < -0.39 is 5.82 Å². The molecule has 0 aromatic heterocycles. The van der Waals surface area contributed by atoms with Gasteiger partial charge in [-0.25, -0.2) is 4.39 Å². The molecule has 1 amide bonds. The van der Waals surface area contributed by atoms with Crippen molar-refractivity contribution in [3.05, 3.63) is 29.6 Å². The molecule has 0 bridgehead atoms. The lowest BCUT2D eigenvalue weighted by Gasteiger charge is -2.06. The van der Waals surface area contributed by atoms with Crippen molar-refractivity contribution in [2.45, 2.75) is 0 Å². The highest BCUT2D eigenvalue weighted by molar-refractivity contribution is 5.93. The summed E-state index contributed by atoms with van der Waals surface area (Å²) in [7, 11) is 1.63. The largest absolute Gasteiger partial charge is 0.324 e. The molecule has 4 nitrogen and oxygen atoms in total.